The molecule has 7 nitrogen and oxygen atoms in total. The van der Waals surface area contributed by atoms with E-state index >= 15 is 0 Å². The summed E-state index contributed by atoms with van der Waals surface area (Å²) in [6, 6.07) is 15.0. The summed E-state index contributed by atoms with van der Waals surface area (Å²) in [6.45, 7) is 7.03. The van der Waals surface area contributed by atoms with Crippen molar-refractivity contribution < 1.29 is 27.8 Å². The lowest BCUT2D eigenvalue weighted by Crippen LogP contribution is -2.29. The number of imidazole rings is 1. The number of carboxylic acids is 1. The number of alkyl halides is 3. The van der Waals surface area contributed by atoms with Crippen LogP contribution in [0.15, 0.2) is 61.1 Å². The van der Waals surface area contributed by atoms with Gasteiger partial charge in [-0.25, -0.2) is 9.78 Å². The second-order valence-corrected chi connectivity index (χ2v) is 10.0. The number of aryl methyl sites for hydroxylation is 2. The second-order valence-electron chi connectivity index (χ2n) is 10.0. The van der Waals surface area contributed by atoms with Crippen LogP contribution in [-0.2, 0) is 20.0 Å². The van der Waals surface area contributed by atoms with Crippen molar-refractivity contribution in [1.82, 2.24) is 19.8 Å². The van der Waals surface area contributed by atoms with Crippen LogP contribution in [0, 0.1) is 24.7 Å². The van der Waals surface area contributed by atoms with Crippen molar-refractivity contribution >= 4 is 5.97 Å². The Bertz CT molecular complexity index is 1200. The number of likely N-dealkylation sites (tertiary alicyclic amines) is 1. The maximum absolute atomic E-state index is 12.3. The minimum absolute atomic E-state index is 0.0810. The van der Waals surface area contributed by atoms with Gasteiger partial charge in [0.2, 0.25) is 0 Å². The summed E-state index contributed by atoms with van der Waals surface area (Å²) >= 11 is 0. The van der Waals surface area contributed by atoms with E-state index in [-0.39, 0.29) is 11.4 Å². The Morgan fingerprint density at radius 2 is 1.84 bits per heavy atom. The van der Waals surface area contributed by atoms with Crippen molar-refractivity contribution in [3.63, 3.8) is 0 Å². The lowest BCUT2D eigenvalue weighted by Gasteiger charge is -2.19. The number of nitrogens with one attached hydrogen (secondary N) is 1. The molecule has 5 rings (SSSR count). The highest BCUT2D eigenvalue weighted by Gasteiger charge is 2.54. The SMILES string of the molecule is Cc1ccc(CCN2CC3C(CNCc4cccc(OC(F)(F)F)c4)C3C2)cc1.Cn1cnc(C(=O)O)c1. The third-order valence-corrected chi connectivity index (χ3v) is 7.05. The van der Waals surface area contributed by atoms with E-state index < -0.39 is 12.3 Å². The molecule has 0 radical (unpaired) electrons. The van der Waals surface area contributed by atoms with E-state index in [4.69, 9.17) is 5.11 Å². The molecule has 0 spiro atoms. The standard InChI is InChI=1S/C23H27F3N2O.C5H6N2O2/c1-16-5-7-17(8-6-16)9-10-28-14-21-20(22(21)15-28)13-27-12-18-3-2-4-19(11-18)29-23(24,25)26;1-7-2-4(5(8)9)6-3-7/h2-8,11,20-22,27H,9-10,12-15H2,1H3;2-3H,1H3,(H,8,9). The topological polar surface area (TPSA) is 79.6 Å². The largest absolute Gasteiger partial charge is 0.573 e. The van der Waals surface area contributed by atoms with Crippen molar-refractivity contribution in [2.75, 3.05) is 26.2 Å². The summed E-state index contributed by atoms with van der Waals surface area (Å²) in [7, 11) is 1.72. The molecule has 1 saturated carbocycles. The molecule has 1 saturated heterocycles. The number of fused-ring (bicyclic) bond motifs is 1. The Labute approximate surface area is 220 Å². The molecule has 2 atom stereocenters. The fourth-order valence-electron chi connectivity index (χ4n) is 5.02. The summed E-state index contributed by atoms with van der Waals surface area (Å²) in [6.07, 6.45) is -0.659. The quantitative estimate of drug-likeness (QED) is 0.424. The van der Waals surface area contributed by atoms with Gasteiger partial charge in [-0.3, -0.25) is 0 Å². The highest BCUT2D eigenvalue weighted by molar-refractivity contribution is 5.84. The first-order valence-corrected chi connectivity index (χ1v) is 12.6. The van der Waals surface area contributed by atoms with Crippen LogP contribution in [0.5, 0.6) is 5.75 Å². The molecule has 1 aliphatic heterocycles. The van der Waals surface area contributed by atoms with Gasteiger partial charge in [-0.1, -0.05) is 42.0 Å². The van der Waals surface area contributed by atoms with E-state index in [1.54, 1.807) is 17.7 Å². The normalized spacial score (nSPS) is 20.4. The first-order valence-electron chi connectivity index (χ1n) is 12.6. The molecule has 1 aliphatic carbocycles. The first kappa shape index (κ1) is 27.7. The number of benzene rings is 2. The first-order chi connectivity index (χ1) is 18.1. The van der Waals surface area contributed by atoms with Gasteiger partial charge in [0.1, 0.15) is 5.75 Å². The van der Waals surface area contributed by atoms with Gasteiger partial charge in [0.05, 0.1) is 6.33 Å². The molecule has 2 aromatic carbocycles. The third-order valence-electron chi connectivity index (χ3n) is 7.05. The molecule has 204 valence electrons. The Morgan fingerprint density at radius 1 is 1.13 bits per heavy atom. The van der Waals surface area contributed by atoms with E-state index in [9.17, 15) is 18.0 Å². The van der Waals surface area contributed by atoms with E-state index in [2.05, 4.69) is 51.1 Å². The summed E-state index contributed by atoms with van der Waals surface area (Å²) in [4.78, 5) is 16.3. The molecule has 1 aromatic heterocycles. The van der Waals surface area contributed by atoms with Gasteiger partial charge in [-0.15, -0.1) is 13.2 Å². The second kappa shape index (κ2) is 12.0. The predicted octanol–water partition coefficient (Wildman–Crippen LogP) is 4.52. The van der Waals surface area contributed by atoms with Gasteiger partial charge >= 0.3 is 12.3 Å². The van der Waals surface area contributed by atoms with E-state index in [1.807, 2.05) is 6.07 Å². The fraction of sp³-hybridized carbons (Fsp3) is 0.429. The van der Waals surface area contributed by atoms with Gasteiger partial charge < -0.3 is 24.6 Å². The molecule has 2 fully saturated rings. The van der Waals surface area contributed by atoms with Crippen LogP contribution in [0.4, 0.5) is 13.2 Å². The van der Waals surface area contributed by atoms with Crippen LogP contribution in [0.2, 0.25) is 0 Å². The minimum atomic E-state index is -4.65. The number of carboxylic acid groups (broad SMARTS) is 1. The fourth-order valence-corrected chi connectivity index (χ4v) is 5.02. The monoisotopic (exact) mass is 530 g/mol. The molecule has 38 heavy (non-hydrogen) atoms. The zero-order chi connectivity index (χ0) is 27.3. The number of carbonyl (C=O) groups is 1. The Balaban J connectivity index is 0.000000317. The Kier molecular flexibility index (Phi) is 8.73. The summed E-state index contributed by atoms with van der Waals surface area (Å²) in [5.41, 5.74) is 3.58. The van der Waals surface area contributed by atoms with Crippen molar-refractivity contribution in [2.45, 2.75) is 26.3 Å². The average Bonchev–Trinajstić information content (AvgIpc) is 3.17. The van der Waals surface area contributed by atoms with Crippen molar-refractivity contribution in [2.24, 2.45) is 24.8 Å². The van der Waals surface area contributed by atoms with Crippen LogP contribution in [-0.4, -0.2) is 58.1 Å². The molecular formula is C28H33F3N4O3. The molecule has 0 amide bonds. The maximum atomic E-state index is 12.3. The van der Waals surface area contributed by atoms with Gasteiger partial charge in [-0.05, 0) is 60.9 Å². The van der Waals surface area contributed by atoms with E-state index in [0.29, 0.717) is 12.5 Å². The number of aromatic nitrogens is 2. The number of halogens is 3. The molecule has 2 aliphatic rings. The molecule has 3 aromatic rings. The van der Waals surface area contributed by atoms with Crippen LogP contribution >= 0.6 is 0 Å². The lowest BCUT2D eigenvalue weighted by molar-refractivity contribution is -0.274. The summed E-state index contributed by atoms with van der Waals surface area (Å²) in [5.74, 6) is 1.07. The average molecular weight is 531 g/mol. The summed E-state index contributed by atoms with van der Waals surface area (Å²) < 4.78 is 42.6. The number of hydrogen-bond acceptors (Lipinski definition) is 5. The van der Waals surface area contributed by atoms with Crippen molar-refractivity contribution in [3.05, 3.63) is 83.4 Å². The number of nitrogens with zero attached hydrogens (tertiary/aromatic N) is 3. The smallest absolute Gasteiger partial charge is 0.476 e. The van der Waals surface area contributed by atoms with Crippen LogP contribution in [0.25, 0.3) is 0 Å². The Morgan fingerprint density at radius 3 is 2.42 bits per heavy atom. The molecule has 0 bridgehead atoms. The number of ether oxygens (including phenoxy) is 1. The highest BCUT2D eigenvalue weighted by Crippen LogP contribution is 2.51. The molecule has 2 heterocycles. The Hall–Kier alpha value is -3.37. The zero-order valence-corrected chi connectivity index (χ0v) is 21.5. The number of aromatic carboxylic acids is 1. The van der Waals surface area contributed by atoms with Crippen molar-refractivity contribution in [1.29, 1.82) is 0 Å². The molecule has 10 heteroatoms. The van der Waals surface area contributed by atoms with Gasteiger partial charge in [-0.2, -0.15) is 0 Å². The minimum Gasteiger partial charge on any atom is -0.476 e. The lowest BCUT2D eigenvalue weighted by atomic mass is 10.1. The van der Waals surface area contributed by atoms with Gasteiger partial charge in [0, 0.05) is 39.4 Å². The molecular weight excluding hydrogens is 497 g/mol. The zero-order valence-electron chi connectivity index (χ0n) is 21.5. The van der Waals surface area contributed by atoms with E-state index in [0.717, 1.165) is 50.0 Å². The molecule has 2 unspecified atom stereocenters. The van der Waals surface area contributed by atoms with Crippen molar-refractivity contribution in [3.8, 4) is 5.75 Å². The van der Waals surface area contributed by atoms with Crippen LogP contribution in [0.1, 0.15) is 27.2 Å². The number of rotatable bonds is 9. The van der Waals surface area contributed by atoms with Gasteiger partial charge in [0.25, 0.3) is 0 Å². The third kappa shape index (κ3) is 8.06. The molecule has 2 N–H and O–H groups in total. The predicted molar refractivity (Wildman–Crippen MR) is 137 cm³/mol. The highest BCUT2D eigenvalue weighted by atomic mass is 19.4. The van der Waals surface area contributed by atoms with Crippen LogP contribution in [0.3, 0.4) is 0 Å². The summed E-state index contributed by atoms with van der Waals surface area (Å²) in [5, 5.41) is 11.7. The number of hydrogen-bond donors (Lipinski definition) is 2. The number of piperidine rings is 1. The van der Waals surface area contributed by atoms with Gasteiger partial charge in [0.15, 0.2) is 5.69 Å². The van der Waals surface area contributed by atoms with Crippen LogP contribution < -0.4 is 10.1 Å². The van der Waals surface area contributed by atoms with E-state index in [1.165, 1.54) is 35.8 Å². The maximum Gasteiger partial charge on any atom is 0.573 e.